The molecule has 1 aromatic carbocycles. The second kappa shape index (κ2) is 8.43. The molecule has 0 saturated carbocycles. The number of benzene rings is 1. The zero-order valence-electron chi connectivity index (χ0n) is 11.2. The molecule has 1 aromatic rings. The third kappa shape index (κ3) is 8.38. The SMILES string of the molecule is CC(C)C(=O)ON=S(=O)=O.CS(=O)(=O)c1ccccc1. The van der Waals surface area contributed by atoms with Crippen LogP contribution < -0.4 is 0 Å². The van der Waals surface area contributed by atoms with Crippen LogP contribution in [0.3, 0.4) is 0 Å². The second-order valence-corrected chi connectivity index (χ2v) is 6.54. The van der Waals surface area contributed by atoms with Gasteiger partial charge in [-0.15, -0.1) is 0 Å². The molecule has 0 bridgehead atoms. The summed E-state index contributed by atoms with van der Waals surface area (Å²) in [7, 11) is -5.67. The molecule has 0 fully saturated rings. The Labute approximate surface area is 119 Å². The smallest absolute Gasteiger partial charge is 0.303 e. The first kappa shape index (κ1) is 18.3. The van der Waals surface area contributed by atoms with Crippen molar-refractivity contribution in [1.82, 2.24) is 0 Å². The summed E-state index contributed by atoms with van der Waals surface area (Å²) < 4.78 is 43.5. The molecule has 0 spiro atoms. The third-order valence-electron chi connectivity index (χ3n) is 1.83. The van der Waals surface area contributed by atoms with Crippen LogP contribution in [0.15, 0.2) is 39.8 Å². The van der Waals surface area contributed by atoms with Crippen LogP contribution in [0.2, 0.25) is 0 Å². The molecule has 20 heavy (non-hydrogen) atoms. The van der Waals surface area contributed by atoms with Gasteiger partial charge in [0.25, 0.3) is 0 Å². The summed E-state index contributed by atoms with van der Waals surface area (Å²) in [6, 6.07) is 8.35. The summed E-state index contributed by atoms with van der Waals surface area (Å²) in [6.45, 7) is 3.15. The fourth-order valence-electron chi connectivity index (χ4n) is 0.840. The Hall–Kier alpha value is -1.74. The number of rotatable bonds is 3. The van der Waals surface area contributed by atoms with E-state index < -0.39 is 26.3 Å². The monoisotopic (exact) mass is 321 g/mol. The molecule has 112 valence electrons. The van der Waals surface area contributed by atoms with Crippen LogP contribution in [0.25, 0.3) is 0 Å². The van der Waals surface area contributed by atoms with Gasteiger partial charge in [-0.05, 0) is 12.1 Å². The van der Waals surface area contributed by atoms with Crippen LogP contribution >= 0.6 is 0 Å². The molecule has 1 rings (SSSR count). The van der Waals surface area contributed by atoms with Crippen molar-refractivity contribution in [2.45, 2.75) is 18.7 Å². The van der Waals surface area contributed by atoms with Crippen LogP contribution in [-0.2, 0) is 30.0 Å². The molecule has 0 heterocycles. The van der Waals surface area contributed by atoms with Crippen LogP contribution in [-0.4, -0.2) is 29.1 Å². The fraction of sp³-hybridized carbons (Fsp3) is 0.364. The lowest BCUT2D eigenvalue weighted by molar-refractivity contribution is -0.147. The molecule has 0 aromatic heterocycles. The number of hydrogen-bond donors (Lipinski definition) is 0. The second-order valence-electron chi connectivity index (χ2n) is 3.94. The van der Waals surface area contributed by atoms with Gasteiger partial charge >= 0.3 is 16.5 Å². The maximum Gasteiger partial charge on any atom is 0.349 e. The van der Waals surface area contributed by atoms with E-state index in [-0.39, 0.29) is 5.92 Å². The standard InChI is InChI=1S/C7H8O2S.C4H7NO4S/c1-10(8,9)7-5-3-2-4-6-7;1-3(2)4(6)9-5-10(7)8/h2-6H,1H3;3H,1-2H3. The molecule has 0 saturated heterocycles. The number of carbonyl (C=O) groups is 1. The highest BCUT2D eigenvalue weighted by Crippen LogP contribution is 2.05. The van der Waals surface area contributed by atoms with Crippen molar-refractivity contribution < 1.29 is 26.5 Å². The highest BCUT2D eigenvalue weighted by molar-refractivity contribution is 7.90. The summed E-state index contributed by atoms with van der Waals surface area (Å²) >= 11 is 0. The Morgan fingerprint density at radius 1 is 1.20 bits per heavy atom. The largest absolute Gasteiger partial charge is 0.349 e. The van der Waals surface area contributed by atoms with Crippen molar-refractivity contribution in [3.05, 3.63) is 30.3 Å². The Morgan fingerprint density at radius 2 is 1.70 bits per heavy atom. The molecular weight excluding hydrogens is 306 g/mol. The van der Waals surface area contributed by atoms with Gasteiger partial charge in [-0.1, -0.05) is 32.0 Å². The van der Waals surface area contributed by atoms with Crippen molar-refractivity contribution in [2.75, 3.05) is 6.26 Å². The van der Waals surface area contributed by atoms with E-state index in [1.54, 1.807) is 44.2 Å². The van der Waals surface area contributed by atoms with Crippen molar-refractivity contribution in [1.29, 1.82) is 0 Å². The lowest BCUT2D eigenvalue weighted by Crippen LogP contribution is -2.07. The van der Waals surface area contributed by atoms with E-state index in [4.69, 9.17) is 0 Å². The number of sulfone groups is 1. The predicted octanol–water partition coefficient (Wildman–Crippen LogP) is 1.25. The molecule has 9 heteroatoms. The molecule has 0 atom stereocenters. The first-order valence-corrected chi connectivity index (χ1v) is 8.33. The zero-order chi connectivity index (χ0) is 15.8. The molecule has 0 N–H and O–H groups in total. The van der Waals surface area contributed by atoms with Crippen molar-refractivity contribution in [3.63, 3.8) is 0 Å². The van der Waals surface area contributed by atoms with Gasteiger partial charge in [0.1, 0.15) is 0 Å². The van der Waals surface area contributed by atoms with E-state index in [9.17, 15) is 21.6 Å². The van der Waals surface area contributed by atoms with Crippen LogP contribution in [0.1, 0.15) is 13.8 Å². The summed E-state index contributed by atoms with van der Waals surface area (Å²) in [4.78, 5) is 14.8. The van der Waals surface area contributed by atoms with Crippen LogP contribution in [0.4, 0.5) is 0 Å². The van der Waals surface area contributed by atoms with E-state index in [0.717, 1.165) is 0 Å². The highest BCUT2D eigenvalue weighted by atomic mass is 32.2. The maximum absolute atomic E-state index is 10.8. The van der Waals surface area contributed by atoms with Gasteiger partial charge in [-0.3, -0.25) is 0 Å². The average Bonchev–Trinajstić information content (AvgIpc) is 2.36. The Kier molecular flexibility index (Phi) is 7.70. The van der Waals surface area contributed by atoms with Crippen molar-refractivity contribution >= 4 is 26.3 Å². The van der Waals surface area contributed by atoms with Gasteiger partial charge in [0.15, 0.2) is 9.84 Å². The fourth-order valence-corrected chi connectivity index (χ4v) is 1.63. The molecule has 0 radical (unpaired) electrons. The number of hydrogen-bond acceptors (Lipinski definition) is 7. The van der Waals surface area contributed by atoms with Crippen LogP contribution in [0, 0.1) is 5.92 Å². The summed E-state index contributed by atoms with van der Waals surface area (Å²) in [5.74, 6) is -1.03. The molecule has 7 nitrogen and oxygen atoms in total. The number of carbonyl (C=O) groups excluding carboxylic acids is 1. The molecule has 0 aliphatic rings. The molecule has 0 aliphatic carbocycles. The maximum atomic E-state index is 10.8. The van der Waals surface area contributed by atoms with Gasteiger partial charge in [0.05, 0.1) is 15.3 Å². The van der Waals surface area contributed by atoms with E-state index >= 15 is 0 Å². The number of nitrogens with zero attached hydrogens (tertiary/aromatic N) is 1. The first-order valence-electron chi connectivity index (χ1n) is 5.41. The quantitative estimate of drug-likeness (QED) is 0.776. The van der Waals surface area contributed by atoms with Gasteiger partial charge in [-0.25, -0.2) is 13.2 Å². The zero-order valence-corrected chi connectivity index (χ0v) is 12.8. The highest BCUT2D eigenvalue weighted by Gasteiger charge is 2.07. The summed E-state index contributed by atoms with van der Waals surface area (Å²) in [5, 5.41) is 0. The Morgan fingerprint density at radius 3 is 2.00 bits per heavy atom. The minimum Gasteiger partial charge on any atom is -0.303 e. The molecular formula is C11H15NO6S2. The topological polar surface area (TPSA) is 107 Å². The lowest BCUT2D eigenvalue weighted by atomic mass is 10.2. The summed E-state index contributed by atoms with van der Waals surface area (Å²) in [6.07, 6.45) is 1.20. The Bertz CT molecular complexity index is 654. The predicted molar refractivity (Wildman–Crippen MR) is 71.8 cm³/mol. The minimum absolute atomic E-state index is 0.368. The molecule has 0 aliphatic heterocycles. The Balaban J connectivity index is 0.000000361. The molecule has 0 amide bonds. The van der Waals surface area contributed by atoms with Gasteiger partial charge in [0.2, 0.25) is 0 Å². The van der Waals surface area contributed by atoms with Gasteiger partial charge in [0, 0.05) is 6.26 Å². The normalized spacial score (nSPS) is 10.2. The lowest BCUT2D eigenvalue weighted by Gasteiger charge is -1.95. The average molecular weight is 321 g/mol. The van der Waals surface area contributed by atoms with Crippen molar-refractivity contribution in [3.8, 4) is 0 Å². The first-order chi connectivity index (χ1) is 9.14. The third-order valence-corrected chi connectivity index (χ3v) is 3.16. The van der Waals surface area contributed by atoms with E-state index in [0.29, 0.717) is 4.90 Å². The van der Waals surface area contributed by atoms with E-state index in [1.165, 1.54) is 6.26 Å². The van der Waals surface area contributed by atoms with E-state index in [1.807, 2.05) is 0 Å². The van der Waals surface area contributed by atoms with E-state index in [2.05, 4.69) is 9.36 Å². The van der Waals surface area contributed by atoms with Crippen LogP contribution in [0.5, 0.6) is 0 Å². The minimum atomic E-state index is -3.00. The summed E-state index contributed by atoms with van der Waals surface area (Å²) in [5.41, 5.74) is 0. The molecule has 0 unspecified atom stereocenters. The van der Waals surface area contributed by atoms with Gasteiger partial charge < -0.3 is 4.84 Å². The van der Waals surface area contributed by atoms with Crippen molar-refractivity contribution in [2.24, 2.45) is 10.4 Å². The van der Waals surface area contributed by atoms with Gasteiger partial charge in [-0.2, -0.15) is 8.42 Å².